The molecule has 3 rings (SSSR count). The maximum Gasteiger partial charge on any atom is 0.255 e. The van der Waals surface area contributed by atoms with E-state index in [0.717, 1.165) is 37.4 Å². The zero-order valence-electron chi connectivity index (χ0n) is 13.5. The smallest absolute Gasteiger partial charge is 0.255 e. The molecule has 4 nitrogen and oxygen atoms in total. The maximum absolute atomic E-state index is 13.9. The van der Waals surface area contributed by atoms with E-state index in [0.29, 0.717) is 19.8 Å². The van der Waals surface area contributed by atoms with Crippen LogP contribution in [0.25, 0.3) is 0 Å². The fraction of sp³-hybridized carbons (Fsp3) is 0.588. The van der Waals surface area contributed by atoms with Gasteiger partial charge in [0, 0.05) is 49.9 Å². The summed E-state index contributed by atoms with van der Waals surface area (Å²) in [5.41, 5.74) is -0.178. The Morgan fingerprint density at radius 2 is 2.04 bits per heavy atom. The molecule has 2 fully saturated rings. The van der Waals surface area contributed by atoms with Gasteiger partial charge in [0.1, 0.15) is 5.82 Å². The van der Waals surface area contributed by atoms with Gasteiger partial charge < -0.3 is 10.1 Å². The zero-order chi connectivity index (χ0) is 17.0. The molecule has 2 saturated heterocycles. The topological polar surface area (TPSA) is 41.6 Å². The molecule has 7 heteroatoms. The zero-order valence-corrected chi connectivity index (χ0v) is 15.1. The van der Waals surface area contributed by atoms with E-state index >= 15 is 0 Å². The molecule has 0 spiro atoms. The predicted molar refractivity (Wildman–Crippen MR) is 95.4 cm³/mol. The van der Waals surface area contributed by atoms with Gasteiger partial charge in [0.25, 0.3) is 5.91 Å². The van der Waals surface area contributed by atoms with Crippen LogP contribution >= 0.6 is 23.4 Å². The molecule has 2 aliphatic rings. The van der Waals surface area contributed by atoms with Crippen LogP contribution < -0.4 is 5.32 Å². The maximum atomic E-state index is 13.9. The minimum Gasteiger partial charge on any atom is -0.381 e. The van der Waals surface area contributed by atoms with Crippen molar-refractivity contribution in [3.8, 4) is 0 Å². The van der Waals surface area contributed by atoms with Crippen LogP contribution in [0.3, 0.4) is 0 Å². The molecular weight excluding hydrogens is 351 g/mol. The fourth-order valence-electron chi connectivity index (χ4n) is 3.44. The molecule has 1 amide bonds. The van der Waals surface area contributed by atoms with Crippen molar-refractivity contribution in [1.82, 2.24) is 10.2 Å². The number of carbonyl (C=O) groups excluding carboxylic acids is 1. The van der Waals surface area contributed by atoms with Crippen molar-refractivity contribution in [2.75, 3.05) is 44.4 Å². The molecular formula is C17H22ClFN2O2S. The predicted octanol–water partition coefficient (Wildman–Crippen LogP) is 2.81. The first-order valence-electron chi connectivity index (χ1n) is 8.25. The van der Waals surface area contributed by atoms with Gasteiger partial charge in [-0.15, -0.1) is 0 Å². The minimum absolute atomic E-state index is 0.0735. The molecule has 1 aromatic carbocycles. The van der Waals surface area contributed by atoms with E-state index in [-0.39, 0.29) is 16.1 Å². The third-order valence-electron chi connectivity index (χ3n) is 4.87. The highest BCUT2D eigenvalue weighted by atomic mass is 35.5. The van der Waals surface area contributed by atoms with Crippen LogP contribution in [0.5, 0.6) is 0 Å². The number of nitrogens with one attached hydrogen (secondary N) is 1. The Hall–Kier alpha value is -0.820. The van der Waals surface area contributed by atoms with E-state index in [4.69, 9.17) is 16.3 Å². The summed E-state index contributed by atoms with van der Waals surface area (Å²) in [4.78, 5) is 14.9. The number of benzene rings is 1. The van der Waals surface area contributed by atoms with Gasteiger partial charge in [-0.1, -0.05) is 17.7 Å². The van der Waals surface area contributed by atoms with Crippen molar-refractivity contribution in [3.63, 3.8) is 0 Å². The summed E-state index contributed by atoms with van der Waals surface area (Å²) in [6.07, 6.45) is 1.76. The van der Waals surface area contributed by atoms with Crippen LogP contribution in [0, 0.1) is 5.82 Å². The van der Waals surface area contributed by atoms with Gasteiger partial charge in [-0.05, 0) is 25.0 Å². The van der Waals surface area contributed by atoms with Crippen molar-refractivity contribution < 1.29 is 13.9 Å². The summed E-state index contributed by atoms with van der Waals surface area (Å²) in [7, 11) is 0. The van der Waals surface area contributed by atoms with Gasteiger partial charge in [0.05, 0.1) is 10.6 Å². The van der Waals surface area contributed by atoms with Crippen molar-refractivity contribution in [2.45, 2.75) is 18.4 Å². The first-order chi connectivity index (χ1) is 11.6. The second-order valence-corrected chi connectivity index (χ2v) is 7.85. The second-order valence-electron chi connectivity index (χ2n) is 6.22. The summed E-state index contributed by atoms with van der Waals surface area (Å²) in [6.45, 7) is 3.91. The molecule has 24 heavy (non-hydrogen) atoms. The van der Waals surface area contributed by atoms with Gasteiger partial charge >= 0.3 is 0 Å². The minimum atomic E-state index is -0.588. The molecule has 0 bridgehead atoms. The van der Waals surface area contributed by atoms with Crippen LogP contribution in [-0.2, 0) is 4.74 Å². The number of ether oxygens (including phenoxy) is 1. The van der Waals surface area contributed by atoms with Gasteiger partial charge in [-0.2, -0.15) is 11.8 Å². The van der Waals surface area contributed by atoms with E-state index in [1.54, 1.807) is 0 Å². The van der Waals surface area contributed by atoms with Crippen LogP contribution in [0.2, 0.25) is 5.02 Å². The summed E-state index contributed by atoms with van der Waals surface area (Å²) in [5, 5.41) is 3.06. The second kappa shape index (κ2) is 8.04. The van der Waals surface area contributed by atoms with Crippen molar-refractivity contribution in [3.05, 3.63) is 34.6 Å². The number of thioether (sulfide) groups is 1. The number of carbonyl (C=O) groups is 1. The lowest BCUT2D eigenvalue weighted by Gasteiger charge is -2.48. The van der Waals surface area contributed by atoms with E-state index in [1.165, 1.54) is 18.2 Å². The molecule has 0 unspecified atom stereocenters. The van der Waals surface area contributed by atoms with Crippen LogP contribution in [0.4, 0.5) is 4.39 Å². The van der Waals surface area contributed by atoms with Crippen molar-refractivity contribution >= 4 is 29.3 Å². The normalized spacial score (nSPS) is 21.4. The molecule has 0 aliphatic carbocycles. The highest BCUT2D eigenvalue weighted by Gasteiger charge is 2.39. The van der Waals surface area contributed by atoms with E-state index in [1.807, 2.05) is 11.8 Å². The van der Waals surface area contributed by atoms with E-state index < -0.39 is 11.7 Å². The highest BCUT2D eigenvalue weighted by Crippen LogP contribution is 2.30. The molecule has 0 saturated carbocycles. The number of hydrogen-bond donors (Lipinski definition) is 1. The van der Waals surface area contributed by atoms with Gasteiger partial charge in [0.2, 0.25) is 0 Å². The summed E-state index contributed by atoms with van der Waals surface area (Å²) < 4.78 is 19.5. The summed E-state index contributed by atoms with van der Waals surface area (Å²) in [5.74, 6) is 1.18. The Bertz CT molecular complexity index is 570. The molecule has 2 aliphatic heterocycles. The standard InChI is InChI=1S/C17H22ClFN2O2S/c18-13-2-1-3-14(19)15(13)16(22)20-12-17(4-8-23-9-5-17)21-6-10-24-11-7-21/h1-3H,4-12H2,(H,20,22). The molecule has 1 N–H and O–H groups in total. The number of nitrogens with zero attached hydrogens (tertiary/aromatic N) is 1. The number of hydrogen-bond acceptors (Lipinski definition) is 4. The van der Waals surface area contributed by atoms with Gasteiger partial charge in [-0.3, -0.25) is 9.69 Å². The lowest BCUT2D eigenvalue weighted by Crippen LogP contribution is -2.60. The molecule has 0 aromatic heterocycles. The number of amides is 1. The molecule has 0 atom stereocenters. The van der Waals surface area contributed by atoms with E-state index in [2.05, 4.69) is 10.2 Å². The first-order valence-corrected chi connectivity index (χ1v) is 9.78. The third kappa shape index (κ3) is 3.87. The molecule has 1 aromatic rings. The van der Waals surface area contributed by atoms with Crippen molar-refractivity contribution in [2.24, 2.45) is 0 Å². The summed E-state index contributed by atoms with van der Waals surface area (Å²) >= 11 is 7.95. The lowest BCUT2D eigenvalue weighted by atomic mass is 9.87. The first kappa shape index (κ1) is 18.0. The average molecular weight is 373 g/mol. The SMILES string of the molecule is O=C(NCC1(N2CCSCC2)CCOCC1)c1c(F)cccc1Cl. The number of rotatable bonds is 4. The Balaban J connectivity index is 1.72. The monoisotopic (exact) mass is 372 g/mol. The Morgan fingerprint density at radius 1 is 1.33 bits per heavy atom. The van der Waals surface area contributed by atoms with Crippen LogP contribution in [0.15, 0.2) is 18.2 Å². The molecule has 2 heterocycles. The quantitative estimate of drug-likeness (QED) is 0.882. The number of halogens is 2. The van der Waals surface area contributed by atoms with Crippen LogP contribution in [-0.4, -0.2) is 60.7 Å². The van der Waals surface area contributed by atoms with Crippen molar-refractivity contribution in [1.29, 1.82) is 0 Å². The Morgan fingerprint density at radius 3 is 2.71 bits per heavy atom. The van der Waals surface area contributed by atoms with Gasteiger partial charge in [0.15, 0.2) is 0 Å². The highest BCUT2D eigenvalue weighted by molar-refractivity contribution is 7.99. The Labute approximate surface area is 151 Å². The lowest BCUT2D eigenvalue weighted by molar-refractivity contribution is -0.0237. The van der Waals surface area contributed by atoms with Gasteiger partial charge in [-0.25, -0.2) is 4.39 Å². The average Bonchev–Trinajstić information content (AvgIpc) is 2.61. The summed E-state index contributed by atoms with van der Waals surface area (Å²) in [6, 6.07) is 4.29. The molecule has 0 radical (unpaired) electrons. The third-order valence-corrected chi connectivity index (χ3v) is 6.13. The fourth-order valence-corrected chi connectivity index (χ4v) is 4.59. The Kier molecular flexibility index (Phi) is 6.02. The van der Waals surface area contributed by atoms with E-state index in [9.17, 15) is 9.18 Å². The largest absolute Gasteiger partial charge is 0.381 e. The molecule has 132 valence electrons. The van der Waals surface area contributed by atoms with Crippen LogP contribution in [0.1, 0.15) is 23.2 Å².